The Bertz CT molecular complexity index is 275. The SMILES string of the molecule is CNC(=S)N1CCCC[C@H]1CCN1CCCCCC1. The van der Waals surface area contributed by atoms with Crippen molar-refractivity contribution in [1.82, 2.24) is 15.1 Å². The largest absolute Gasteiger partial charge is 0.366 e. The number of nitrogens with zero attached hydrogens (tertiary/aromatic N) is 2. The predicted molar refractivity (Wildman–Crippen MR) is 85.5 cm³/mol. The van der Waals surface area contributed by atoms with Gasteiger partial charge in [-0.1, -0.05) is 12.8 Å². The molecule has 0 spiro atoms. The predicted octanol–water partition coefficient (Wildman–Crippen LogP) is 2.61. The van der Waals surface area contributed by atoms with Crippen LogP contribution in [0, 0.1) is 0 Å². The molecule has 0 saturated carbocycles. The third-order valence-corrected chi connectivity index (χ3v) is 5.02. The second-order valence-corrected chi connectivity index (χ2v) is 6.33. The number of rotatable bonds is 3. The van der Waals surface area contributed by atoms with Gasteiger partial charge in [0.25, 0.3) is 0 Å². The zero-order valence-corrected chi connectivity index (χ0v) is 13.2. The Morgan fingerprint density at radius 3 is 2.42 bits per heavy atom. The lowest BCUT2D eigenvalue weighted by molar-refractivity contribution is 0.192. The van der Waals surface area contributed by atoms with Crippen molar-refractivity contribution in [2.45, 2.75) is 57.4 Å². The molecule has 2 fully saturated rings. The third-order valence-electron chi connectivity index (χ3n) is 4.58. The van der Waals surface area contributed by atoms with Crippen molar-refractivity contribution >= 4 is 17.3 Å². The van der Waals surface area contributed by atoms with Crippen LogP contribution in [0.2, 0.25) is 0 Å². The molecular weight excluding hydrogens is 254 g/mol. The van der Waals surface area contributed by atoms with E-state index in [-0.39, 0.29) is 0 Å². The molecule has 2 heterocycles. The highest BCUT2D eigenvalue weighted by atomic mass is 32.1. The summed E-state index contributed by atoms with van der Waals surface area (Å²) in [6, 6.07) is 0.664. The van der Waals surface area contributed by atoms with Crippen LogP contribution in [0.5, 0.6) is 0 Å². The van der Waals surface area contributed by atoms with Gasteiger partial charge in [0.05, 0.1) is 0 Å². The first-order chi connectivity index (χ1) is 9.31. The highest BCUT2D eigenvalue weighted by Crippen LogP contribution is 2.21. The summed E-state index contributed by atoms with van der Waals surface area (Å²) in [5, 5.41) is 4.10. The monoisotopic (exact) mass is 283 g/mol. The maximum Gasteiger partial charge on any atom is 0.168 e. The molecule has 0 aromatic rings. The Morgan fingerprint density at radius 1 is 1.05 bits per heavy atom. The van der Waals surface area contributed by atoms with Crippen LogP contribution in [-0.4, -0.2) is 54.2 Å². The molecule has 2 saturated heterocycles. The second kappa shape index (κ2) is 8.05. The summed E-state index contributed by atoms with van der Waals surface area (Å²) in [6.07, 6.45) is 10.9. The van der Waals surface area contributed by atoms with Gasteiger partial charge in [-0.15, -0.1) is 0 Å². The molecule has 1 N–H and O–H groups in total. The molecule has 110 valence electrons. The first-order valence-electron chi connectivity index (χ1n) is 8.02. The molecule has 0 aromatic carbocycles. The summed E-state index contributed by atoms with van der Waals surface area (Å²) in [5.74, 6) is 0. The second-order valence-electron chi connectivity index (χ2n) is 5.94. The highest BCUT2D eigenvalue weighted by Gasteiger charge is 2.24. The van der Waals surface area contributed by atoms with E-state index in [1.807, 2.05) is 7.05 Å². The van der Waals surface area contributed by atoms with Crippen molar-refractivity contribution in [2.75, 3.05) is 33.2 Å². The summed E-state index contributed by atoms with van der Waals surface area (Å²) in [7, 11) is 1.95. The van der Waals surface area contributed by atoms with E-state index in [1.54, 1.807) is 0 Å². The van der Waals surface area contributed by atoms with Gasteiger partial charge in [0, 0.05) is 26.2 Å². The summed E-state index contributed by atoms with van der Waals surface area (Å²) >= 11 is 5.45. The Balaban J connectivity index is 1.80. The zero-order valence-electron chi connectivity index (χ0n) is 12.4. The van der Waals surface area contributed by atoms with Gasteiger partial charge >= 0.3 is 0 Å². The molecule has 2 aliphatic rings. The van der Waals surface area contributed by atoms with E-state index in [4.69, 9.17) is 12.2 Å². The van der Waals surface area contributed by atoms with E-state index >= 15 is 0 Å². The smallest absolute Gasteiger partial charge is 0.168 e. The van der Waals surface area contributed by atoms with Crippen LogP contribution >= 0.6 is 12.2 Å². The number of hydrogen-bond acceptors (Lipinski definition) is 2. The summed E-state index contributed by atoms with van der Waals surface area (Å²) in [5.41, 5.74) is 0. The van der Waals surface area contributed by atoms with Gasteiger partial charge in [0.15, 0.2) is 5.11 Å². The van der Waals surface area contributed by atoms with Gasteiger partial charge in [-0.05, 0) is 63.8 Å². The van der Waals surface area contributed by atoms with Crippen molar-refractivity contribution in [3.8, 4) is 0 Å². The number of hydrogen-bond donors (Lipinski definition) is 1. The van der Waals surface area contributed by atoms with Crippen LogP contribution in [0.4, 0.5) is 0 Å². The molecule has 0 bridgehead atoms. The molecule has 2 aliphatic heterocycles. The van der Waals surface area contributed by atoms with Gasteiger partial charge in [-0.2, -0.15) is 0 Å². The number of thiocarbonyl (C=S) groups is 1. The number of likely N-dealkylation sites (tertiary alicyclic amines) is 2. The average molecular weight is 283 g/mol. The normalized spacial score (nSPS) is 25.9. The molecular formula is C15H29N3S. The molecule has 19 heavy (non-hydrogen) atoms. The Hall–Kier alpha value is -0.350. The van der Waals surface area contributed by atoms with E-state index in [1.165, 1.54) is 71.0 Å². The third kappa shape index (κ3) is 4.60. The van der Waals surface area contributed by atoms with Gasteiger partial charge in [-0.3, -0.25) is 0 Å². The van der Waals surface area contributed by atoms with E-state index < -0.39 is 0 Å². The minimum Gasteiger partial charge on any atom is -0.366 e. The maximum atomic E-state index is 5.45. The minimum absolute atomic E-state index is 0.664. The standard InChI is InChI=1S/C15H29N3S/c1-16-15(19)18-12-7-4-8-14(18)9-13-17-10-5-2-3-6-11-17/h14H,2-13H2,1H3,(H,16,19)/t14-/m0/s1. The van der Waals surface area contributed by atoms with Crippen LogP contribution in [0.1, 0.15) is 51.4 Å². The Labute approximate surface area is 123 Å². The fourth-order valence-corrected chi connectivity index (χ4v) is 3.64. The zero-order chi connectivity index (χ0) is 13.5. The topological polar surface area (TPSA) is 18.5 Å². The lowest BCUT2D eigenvalue weighted by Crippen LogP contribution is -2.48. The number of piperidine rings is 1. The van der Waals surface area contributed by atoms with Crippen LogP contribution in [0.15, 0.2) is 0 Å². The summed E-state index contributed by atoms with van der Waals surface area (Å²) in [4.78, 5) is 5.10. The molecule has 3 nitrogen and oxygen atoms in total. The van der Waals surface area contributed by atoms with Crippen molar-refractivity contribution in [3.63, 3.8) is 0 Å². The lowest BCUT2D eigenvalue weighted by atomic mass is 9.99. The van der Waals surface area contributed by atoms with Crippen molar-refractivity contribution < 1.29 is 0 Å². The highest BCUT2D eigenvalue weighted by molar-refractivity contribution is 7.80. The van der Waals surface area contributed by atoms with Crippen LogP contribution in [0.3, 0.4) is 0 Å². The van der Waals surface area contributed by atoms with Gasteiger partial charge in [0.2, 0.25) is 0 Å². The molecule has 0 radical (unpaired) electrons. The Kier molecular flexibility index (Phi) is 6.38. The fourth-order valence-electron chi connectivity index (χ4n) is 3.40. The van der Waals surface area contributed by atoms with E-state index in [2.05, 4.69) is 15.1 Å². The van der Waals surface area contributed by atoms with Crippen LogP contribution in [-0.2, 0) is 0 Å². The molecule has 2 rings (SSSR count). The quantitative estimate of drug-likeness (QED) is 0.802. The molecule has 0 aliphatic carbocycles. The molecule has 0 amide bonds. The van der Waals surface area contributed by atoms with Crippen LogP contribution < -0.4 is 5.32 Å². The molecule has 0 unspecified atom stereocenters. The first kappa shape index (κ1) is 15.0. The minimum atomic E-state index is 0.664. The lowest BCUT2D eigenvalue weighted by Gasteiger charge is -2.38. The van der Waals surface area contributed by atoms with E-state index in [9.17, 15) is 0 Å². The van der Waals surface area contributed by atoms with Crippen LogP contribution in [0.25, 0.3) is 0 Å². The summed E-state index contributed by atoms with van der Waals surface area (Å²) in [6.45, 7) is 5.02. The summed E-state index contributed by atoms with van der Waals surface area (Å²) < 4.78 is 0. The number of nitrogens with one attached hydrogen (secondary N) is 1. The van der Waals surface area contributed by atoms with Crippen molar-refractivity contribution in [2.24, 2.45) is 0 Å². The molecule has 1 atom stereocenters. The van der Waals surface area contributed by atoms with E-state index in [0.717, 1.165) is 11.7 Å². The van der Waals surface area contributed by atoms with Gasteiger partial charge < -0.3 is 15.1 Å². The maximum absolute atomic E-state index is 5.45. The average Bonchev–Trinajstić information content (AvgIpc) is 2.73. The first-order valence-corrected chi connectivity index (χ1v) is 8.43. The van der Waals surface area contributed by atoms with Crippen molar-refractivity contribution in [1.29, 1.82) is 0 Å². The molecule has 4 heteroatoms. The fraction of sp³-hybridized carbons (Fsp3) is 0.933. The molecule has 0 aromatic heterocycles. The van der Waals surface area contributed by atoms with Crippen molar-refractivity contribution in [3.05, 3.63) is 0 Å². The van der Waals surface area contributed by atoms with Gasteiger partial charge in [0.1, 0.15) is 0 Å². The Morgan fingerprint density at radius 2 is 1.74 bits per heavy atom. The van der Waals surface area contributed by atoms with E-state index in [0.29, 0.717) is 6.04 Å². The van der Waals surface area contributed by atoms with Gasteiger partial charge in [-0.25, -0.2) is 0 Å².